The number of hydrogen-bond donors (Lipinski definition) is 1. The van der Waals surface area contributed by atoms with Crippen LogP contribution in [-0.2, 0) is 17.3 Å². The molecule has 7 heteroatoms. The summed E-state index contributed by atoms with van der Waals surface area (Å²) >= 11 is 0. The van der Waals surface area contributed by atoms with Gasteiger partial charge in [0.05, 0.1) is 0 Å². The fourth-order valence-electron chi connectivity index (χ4n) is 1.81. The molecule has 1 aromatic heterocycles. The number of halogens is 2. The van der Waals surface area contributed by atoms with E-state index in [0.29, 0.717) is 25.5 Å². The summed E-state index contributed by atoms with van der Waals surface area (Å²) in [7, 11) is 0. The molecule has 0 aliphatic carbocycles. The lowest BCUT2D eigenvalue weighted by atomic mass is 10.1. The van der Waals surface area contributed by atoms with Crippen LogP contribution < -0.4 is 5.32 Å². The molecule has 0 aliphatic rings. The Labute approximate surface area is 126 Å². The van der Waals surface area contributed by atoms with Crippen LogP contribution in [0.15, 0.2) is 28.8 Å². The highest BCUT2D eigenvalue weighted by Crippen LogP contribution is 2.27. The van der Waals surface area contributed by atoms with Gasteiger partial charge in [0.1, 0.15) is 0 Å². The van der Waals surface area contributed by atoms with Crippen molar-refractivity contribution in [1.82, 2.24) is 15.5 Å². The second-order valence-electron chi connectivity index (χ2n) is 5.04. The minimum atomic E-state index is -3.16. The van der Waals surface area contributed by atoms with Gasteiger partial charge in [0.2, 0.25) is 11.7 Å². The summed E-state index contributed by atoms with van der Waals surface area (Å²) in [6, 6.07) is 6.96. The topological polar surface area (TPSA) is 68.0 Å². The Kier molecular flexibility index (Phi) is 4.85. The molecule has 22 heavy (non-hydrogen) atoms. The maximum atomic E-state index is 13.1. The van der Waals surface area contributed by atoms with E-state index in [2.05, 4.69) is 20.0 Å². The summed E-state index contributed by atoms with van der Waals surface area (Å²) in [5, 5.41) is 6.34. The van der Waals surface area contributed by atoms with Gasteiger partial charge in [-0.25, -0.2) is 0 Å². The largest absolute Gasteiger partial charge is 0.352 e. The molecule has 0 saturated carbocycles. The number of rotatable bonds is 6. The van der Waals surface area contributed by atoms with Gasteiger partial charge >= 0.3 is 5.92 Å². The normalized spacial score (nSPS) is 11.5. The molecule has 1 heterocycles. The Morgan fingerprint density at radius 1 is 1.32 bits per heavy atom. The van der Waals surface area contributed by atoms with Crippen molar-refractivity contribution in [2.45, 2.75) is 39.2 Å². The number of carbonyl (C=O) groups is 1. The van der Waals surface area contributed by atoms with Crippen molar-refractivity contribution >= 4 is 5.91 Å². The summed E-state index contributed by atoms with van der Waals surface area (Å²) in [6.07, 6.45) is 1.29. The first kappa shape index (κ1) is 16.1. The number of nitrogens with one attached hydrogen (secondary N) is 1. The van der Waals surface area contributed by atoms with Crippen molar-refractivity contribution in [2.75, 3.05) is 0 Å². The first-order valence-electron chi connectivity index (χ1n) is 6.98. The third kappa shape index (κ3) is 4.09. The van der Waals surface area contributed by atoms with Crippen LogP contribution in [-0.4, -0.2) is 16.0 Å². The Morgan fingerprint density at radius 3 is 2.55 bits per heavy atom. The van der Waals surface area contributed by atoms with E-state index in [1.807, 2.05) is 6.92 Å². The molecule has 0 aliphatic heterocycles. The molecule has 1 N–H and O–H groups in total. The van der Waals surface area contributed by atoms with Crippen LogP contribution in [0.1, 0.15) is 38.1 Å². The summed E-state index contributed by atoms with van der Waals surface area (Å²) in [5.74, 6) is -3.76. The number of amides is 1. The second-order valence-corrected chi connectivity index (χ2v) is 5.04. The van der Waals surface area contributed by atoms with Crippen molar-refractivity contribution in [2.24, 2.45) is 0 Å². The third-order valence-electron chi connectivity index (χ3n) is 2.98. The van der Waals surface area contributed by atoms with E-state index >= 15 is 0 Å². The van der Waals surface area contributed by atoms with Crippen molar-refractivity contribution in [3.63, 3.8) is 0 Å². The molecule has 0 unspecified atom stereocenters. The maximum absolute atomic E-state index is 13.1. The van der Waals surface area contributed by atoms with E-state index in [9.17, 15) is 13.6 Å². The number of alkyl halides is 2. The first-order valence-corrected chi connectivity index (χ1v) is 6.98. The van der Waals surface area contributed by atoms with Crippen LogP contribution in [0.5, 0.6) is 0 Å². The van der Waals surface area contributed by atoms with Crippen LogP contribution in [0.4, 0.5) is 8.78 Å². The van der Waals surface area contributed by atoms with Gasteiger partial charge in [-0.1, -0.05) is 36.3 Å². The van der Waals surface area contributed by atoms with Crippen molar-refractivity contribution < 1.29 is 18.1 Å². The molecule has 1 aromatic carbocycles. The average molecular weight is 309 g/mol. The zero-order valence-electron chi connectivity index (χ0n) is 12.4. The number of nitrogens with zero attached hydrogens (tertiary/aromatic N) is 2. The van der Waals surface area contributed by atoms with Gasteiger partial charge in [-0.2, -0.15) is 13.8 Å². The number of aromatic nitrogens is 2. The number of hydrogen-bond acceptors (Lipinski definition) is 4. The van der Waals surface area contributed by atoms with Crippen LogP contribution in [0.25, 0.3) is 11.4 Å². The first-order chi connectivity index (χ1) is 10.4. The van der Waals surface area contributed by atoms with Gasteiger partial charge in [0.15, 0.2) is 0 Å². The van der Waals surface area contributed by atoms with E-state index < -0.39 is 11.8 Å². The smallest absolute Gasteiger partial charge is 0.322 e. The van der Waals surface area contributed by atoms with E-state index in [-0.39, 0.29) is 11.7 Å². The highest BCUT2D eigenvalue weighted by Gasteiger charge is 2.32. The monoisotopic (exact) mass is 309 g/mol. The lowest BCUT2D eigenvalue weighted by Crippen LogP contribution is -2.21. The highest BCUT2D eigenvalue weighted by atomic mass is 19.3. The molecule has 118 valence electrons. The fraction of sp³-hybridized carbons (Fsp3) is 0.400. The maximum Gasteiger partial charge on any atom is 0.322 e. The van der Waals surface area contributed by atoms with Crippen molar-refractivity contribution in [3.05, 3.63) is 35.7 Å². The molecule has 0 bridgehead atoms. The van der Waals surface area contributed by atoms with Gasteiger partial charge < -0.3 is 9.84 Å². The summed E-state index contributed by atoms with van der Waals surface area (Å²) in [4.78, 5) is 15.1. The Hall–Kier alpha value is -2.31. The van der Waals surface area contributed by atoms with E-state index in [0.717, 1.165) is 12.0 Å². The summed E-state index contributed by atoms with van der Waals surface area (Å²) < 4.78 is 30.7. The van der Waals surface area contributed by atoms with Crippen molar-refractivity contribution in [1.29, 1.82) is 0 Å². The molecular formula is C15H17F2N3O2. The van der Waals surface area contributed by atoms with Gasteiger partial charge in [-0.05, 0) is 12.0 Å². The van der Waals surface area contributed by atoms with Crippen LogP contribution in [0.3, 0.4) is 0 Å². The lowest BCUT2D eigenvalue weighted by molar-refractivity contribution is -0.121. The second kappa shape index (κ2) is 6.64. The Morgan fingerprint density at radius 2 is 2.00 bits per heavy atom. The Balaban J connectivity index is 2.03. The Bertz CT molecular complexity index is 633. The fourth-order valence-corrected chi connectivity index (χ4v) is 1.81. The van der Waals surface area contributed by atoms with E-state index in [1.54, 1.807) is 24.3 Å². The highest BCUT2D eigenvalue weighted by molar-refractivity contribution is 5.75. The minimum Gasteiger partial charge on any atom is -0.352 e. The zero-order valence-corrected chi connectivity index (χ0v) is 12.4. The molecule has 5 nitrogen and oxygen atoms in total. The lowest BCUT2D eigenvalue weighted by Gasteiger charge is -2.05. The van der Waals surface area contributed by atoms with Gasteiger partial charge in [-0.15, -0.1) is 0 Å². The molecular weight excluding hydrogens is 292 g/mol. The molecule has 2 aromatic rings. The van der Waals surface area contributed by atoms with Gasteiger partial charge in [0.25, 0.3) is 5.89 Å². The number of benzene rings is 1. The molecule has 2 rings (SSSR count). The molecule has 0 radical (unpaired) electrons. The summed E-state index contributed by atoms with van der Waals surface area (Å²) in [5.41, 5.74) is 1.47. The predicted octanol–water partition coefficient (Wildman–Crippen LogP) is 3.26. The quantitative estimate of drug-likeness (QED) is 0.889. The van der Waals surface area contributed by atoms with Crippen molar-refractivity contribution in [3.8, 4) is 11.4 Å². The van der Waals surface area contributed by atoms with Crippen LogP contribution in [0.2, 0.25) is 0 Å². The standard InChI is InChI=1S/C15H17F2N3O2/c1-3-4-12(21)18-9-10-5-7-11(8-6-10)13-19-14(22-20-13)15(2,16)17/h5-8H,3-4,9H2,1-2H3,(H,18,21). The molecule has 0 saturated heterocycles. The molecule has 1 amide bonds. The predicted molar refractivity (Wildman–Crippen MR) is 76.1 cm³/mol. The van der Waals surface area contributed by atoms with E-state index in [1.165, 1.54) is 0 Å². The SMILES string of the molecule is CCCC(=O)NCc1ccc(-c2noc(C(C)(F)F)n2)cc1. The zero-order chi connectivity index (χ0) is 16.2. The average Bonchev–Trinajstić information content (AvgIpc) is 2.96. The molecule has 0 spiro atoms. The van der Waals surface area contributed by atoms with E-state index in [4.69, 9.17) is 0 Å². The van der Waals surface area contributed by atoms with Crippen LogP contribution in [0, 0.1) is 0 Å². The number of carbonyl (C=O) groups excluding carboxylic acids is 1. The molecule has 0 fully saturated rings. The third-order valence-corrected chi connectivity index (χ3v) is 2.98. The van der Waals surface area contributed by atoms with Crippen LogP contribution >= 0.6 is 0 Å². The summed E-state index contributed by atoms with van der Waals surface area (Å²) in [6.45, 7) is 3.06. The molecule has 0 atom stereocenters. The minimum absolute atomic E-state index is 0.000404. The van der Waals surface area contributed by atoms with Gasteiger partial charge in [0, 0.05) is 25.5 Å². The van der Waals surface area contributed by atoms with Gasteiger partial charge in [-0.3, -0.25) is 4.79 Å².